The zero-order valence-corrected chi connectivity index (χ0v) is 21.8. The van der Waals surface area contributed by atoms with Gasteiger partial charge in [-0.1, -0.05) is 94.8 Å². The summed E-state index contributed by atoms with van der Waals surface area (Å²) in [5.74, 6) is -1.57. The SMILES string of the molecule is CC[C@H](C)[C@@H](C(N)=O)N(Cc1ccccc1)C(=O)[C@H](Cc1ccccc1)NC(=O)[C@@H](N)C(C)C.Cl. The molecular weight excluding hydrogens is 464 g/mol. The quantitative estimate of drug-likeness (QED) is 0.413. The van der Waals surface area contributed by atoms with Crippen LogP contribution in [0.25, 0.3) is 0 Å². The minimum atomic E-state index is -0.894. The number of nitrogens with one attached hydrogen (secondary N) is 1. The highest BCUT2D eigenvalue weighted by molar-refractivity contribution is 5.93. The Bertz CT molecular complexity index is 940. The molecule has 3 amide bonds. The van der Waals surface area contributed by atoms with Crippen molar-refractivity contribution in [3.8, 4) is 0 Å². The number of carbonyl (C=O) groups excluding carboxylic acids is 3. The number of hydrogen-bond acceptors (Lipinski definition) is 4. The van der Waals surface area contributed by atoms with Gasteiger partial charge in [-0.05, 0) is 23.0 Å². The van der Waals surface area contributed by atoms with Gasteiger partial charge >= 0.3 is 0 Å². The molecule has 7 nitrogen and oxygen atoms in total. The van der Waals surface area contributed by atoms with Crippen molar-refractivity contribution in [2.24, 2.45) is 23.3 Å². The second kappa shape index (κ2) is 14.5. The van der Waals surface area contributed by atoms with Gasteiger partial charge in [0.2, 0.25) is 17.7 Å². The summed E-state index contributed by atoms with van der Waals surface area (Å²) in [5, 5.41) is 2.86. The topological polar surface area (TPSA) is 119 Å². The van der Waals surface area contributed by atoms with Crippen molar-refractivity contribution in [1.29, 1.82) is 0 Å². The number of amides is 3. The Morgan fingerprint density at radius 2 is 1.43 bits per heavy atom. The number of nitrogens with zero attached hydrogens (tertiary/aromatic N) is 1. The van der Waals surface area contributed by atoms with Crippen LogP contribution in [0.5, 0.6) is 0 Å². The van der Waals surface area contributed by atoms with E-state index in [0.717, 1.165) is 11.1 Å². The molecule has 0 aliphatic carbocycles. The van der Waals surface area contributed by atoms with Gasteiger partial charge in [0.25, 0.3) is 0 Å². The van der Waals surface area contributed by atoms with Crippen LogP contribution in [0, 0.1) is 11.8 Å². The summed E-state index contributed by atoms with van der Waals surface area (Å²) < 4.78 is 0. The molecule has 0 bridgehead atoms. The van der Waals surface area contributed by atoms with E-state index in [1.807, 2.05) is 88.4 Å². The molecule has 0 heterocycles. The molecule has 0 aromatic heterocycles. The van der Waals surface area contributed by atoms with Crippen LogP contribution in [-0.2, 0) is 27.3 Å². The number of rotatable bonds is 12. The molecule has 0 saturated carbocycles. The standard InChI is InChI=1S/C27H38N4O3.ClH/c1-5-19(4)24(25(29)32)31(17-21-14-10-7-11-15-21)27(34)22(16-20-12-8-6-9-13-20)30-26(33)23(28)18(2)3;/h6-15,18-19,22-24H,5,16-17,28H2,1-4H3,(H2,29,32)(H,30,33);1H/t19-,22-,23-,24-;/m0./s1. The normalized spacial score (nSPS) is 14.2. The van der Waals surface area contributed by atoms with Crippen LogP contribution in [0.4, 0.5) is 0 Å². The molecule has 35 heavy (non-hydrogen) atoms. The Labute approximate surface area is 215 Å². The molecule has 8 heteroatoms. The largest absolute Gasteiger partial charge is 0.368 e. The molecule has 0 spiro atoms. The first-order valence-corrected chi connectivity index (χ1v) is 11.9. The Balaban J connectivity index is 0.00000612. The predicted molar refractivity (Wildman–Crippen MR) is 142 cm³/mol. The van der Waals surface area contributed by atoms with Crippen LogP contribution in [-0.4, -0.2) is 40.7 Å². The van der Waals surface area contributed by atoms with Gasteiger partial charge in [0.1, 0.15) is 12.1 Å². The predicted octanol–water partition coefficient (Wildman–Crippen LogP) is 3.05. The first-order valence-electron chi connectivity index (χ1n) is 11.9. The lowest BCUT2D eigenvalue weighted by atomic mass is 9.94. The molecule has 0 unspecified atom stereocenters. The maximum atomic E-state index is 14.0. The molecule has 2 rings (SSSR count). The van der Waals surface area contributed by atoms with Crippen LogP contribution in [0.3, 0.4) is 0 Å². The van der Waals surface area contributed by atoms with E-state index in [4.69, 9.17) is 11.5 Å². The number of hydrogen-bond donors (Lipinski definition) is 3. The molecule has 0 saturated heterocycles. The maximum absolute atomic E-state index is 14.0. The van der Waals surface area contributed by atoms with Crippen molar-refractivity contribution in [2.45, 2.75) is 65.2 Å². The second-order valence-electron chi connectivity index (χ2n) is 9.21. The lowest BCUT2D eigenvalue weighted by Gasteiger charge is -2.36. The Morgan fingerprint density at radius 1 is 0.914 bits per heavy atom. The fourth-order valence-electron chi connectivity index (χ4n) is 3.88. The minimum Gasteiger partial charge on any atom is -0.368 e. The van der Waals surface area contributed by atoms with E-state index < -0.39 is 29.9 Å². The van der Waals surface area contributed by atoms with Gasteiger partial charge in [-0.25, -0.2) is 0 Å². The number of benzene rings is 2. The van der Waals surface area contributed by atoms with Crippen LogP contribution < -0.4 is 16.8 Å². The molecule has 0 aliphatic rings. The highest BCUT2D eigenvalue weighted by Crippen LogP contribution is 2.20. The Morgan fingerprint density at radius 3 is 1.89 bits per heavy atom. The van der Waals surface area contributed by atoms with Crippen molar-refractivity contribution in [2.75, 3.05) is 0 Å². The Hall–Kier alpha value is -2.90. The summed E-state index contributed by atoms with van der Waals surface area (Å²) in [6.45, 7) is 7.77. The molecule has 5 N–H and O–H groups in total. The minimum absolute atomic E-state index is 0. The van der Waals surface area contributed by atoms with Gasteiger partial charge in [0, 0.05) is 13.0 Å². The van der Waals surface area contributed by atoms with Crippen LogP contribution in [0.1, 0.15) is 45.2 Å². The van der Waals surface area contributed by atoms with Gasteiger partial charge in [-0.15, -0.1) is 12.4 Å². The van der Waals surface area contributed by atoms with E-state index >= 15 is 0 Å². The smallest absolute Gasteiger partial charge is 0.246 e. The molecule has 0 fully saturated rings. The maximum Gasteiger partial charge on any atom is 0.246 e. The van der Waals surface area contributed by atoms with E-state index in [-0.39, 0.29) is 43.1 Å². The zero-order valence-electron chi connectivity index (χ0n) is 21.0. The third-order valence-corrected chi connectivity index (χ3v) is 6.21. The number of carbonyl (C=O) groups is 3. The van der Waals surface area contributed by atoms with Crippen LogP contribution in [0.2, 0.25) is 0 Å². The van der Waals surface area contributed by atoms with Gasteiger partial charge < -0.3 is 21.7 Å². The average molecular weight is 503 g/mol. The monoisotopic (exact) mass is 502 g/mol. The summed E-state index contributed by atoms with van der Waals surface area (Å²) in [5.41, 5.74) is 13.6. The first-order chi connectivity index (χ1) is 16.1. The van der Waals surface area contributed by atoms with Crippen LogP contribution in [0.15, 0.2) is 60.7 Å². The molecule has 0 aliphatic heterocycles. The van der Waals surface area contributed by atoms with Crippen molar-refractivity contribution in [3.63, 3.8) is 0 Å². The van der Waals surface area contributed by atoms with Gasteiger partial charge in [0.15, 0.2) is 0 Å². The second-order valence-corrected chi connectivity index (χ2v) is 9.21. The first kappa shape index (κ1) is 30.1. The van der Waals surface area contributed by atoms with Crippen LogP contribution >= 0.6 is 12.4 Å². The fourth-order valence-corrected chi connectivity index (χ4v) is 3.88. The van der Waals surface area contributed by atoms with Crippen molar-refractivity contribution in [1.82, 2.24) is 10.2 Å². The number of primary amides is 1. The molecule has 0 radical (unpaired) electrons. The lowest BCUT2D eigenvalue weighted by molar-refractivity contribution is -0.145. The molecule has 4 atom stereocenters. The van der Waals surface area contributed by atoms with Crippen molar-refractivity contribution < 1.29 is 14.4 Å². The van der Waals surface area contributed by atoms with Gasteiger partial charge in [0.05, 0.1) is 6.04 Å². The third kappa shape index (κ3) is 8.67. The number of nitrogens with two attached hydrogens (primary N) is 2. The van der Waals surface area contributed by atoms with E-state index in [2.05, 4.69) is 5.32 Å². The summed E-state index contributed by atoms with van der Waals surface area (Å²) in [7, 11) is 0. The highest BCUT2D eigenvalue weighted by Gasteiger charge is 2.37. The van der Waals surface area contributed by atoms with Gasteiger partial charge in [-0.2, -0.15) is 0 Å². The van der Waals surface area contributed by atoms with Gasteiger partial charge in [-0.3, -0.25) is 14.4 Å². The lowest BCUT2D eigenvalue weighted by Crippen LogP contribution is -2.59. The molecule has 2 aromatic rings. The summed E-state index contributed by atoms with van der Waals surface area (Å²) in [4.78, 5) is 40.9. The average Bonchev–Trinajstić information content (AvgIpc) is 2.83. The van der Waals surface area contributed by atoms with E-state index in [1.54, 1.807) is 0 Å². The van der Waals surface area contributed by atoms with E-state index in [9.17, 15) is 14.4 Å². The Kier molecular flexibility index (Phi) is 12.5. The molecule has 192 valence electrons. The van der Waals surface area contributed by atoms with Crippen molar-refractivity contribution >= 4 is 30.1 Å². The van der Waals surface area contributed by atoms with E-state index in [1.165, 1.54) is 4.90 Å². The summed E-state index contributed by atoms with van der Waals surface area (Å²) in [6.07, 6.45) is 0.938. The fraction of sp³-hybridized carbons (Fsp3) is 0.444. The summed E-state index contributed by atoms with van der Waals surface area (Å²) >= 11 is 0. The molecular formula is C27H39ClN4O3. The number of halogens is 1. The molecule has 2 aromatic carbocycles. The summed E-state index contributed by atoms with van der Waals surface area (Å²) in [6, 6.07) is 16.4. The third-order valence-electron chi connectivity index (χ3n) is 6.21. The highest BCUT2D eigenvalue weighted by atomic mass is 35.5. The van der Waals surface area contributed by atoms with E-state index in [0.29, 0.717) is 6.42 Å². The zero-order chi connectivity index (χ0) is 25.3. The van der Waals surface area contributed by atoms with Crippen molar-refractivity contribution in [3.05, 3.63) is 71.8 Å².